The molecule has 102 valence electrons. The van der Waals surface area contributed by atoms with Gasteiger partial charge in [0, 0.05) is 35.2 Å². The molecule has 1 aromatic rings. The number of benzene rings is 1. The quantitative estimate of drug-likeness (QED) is 0.862. The van der Waals surface area contributed by atoms with E-state index in [4.69, 9.17) is 0 Å². The maximum atomic E-state index is 12.6. The third-order valence-electron chi connectivity index (χ3n) is 4.22. The summed E-state index contributed by atoms with van der Waals surface area (Å²) in [4.78, 5) is 14.6. The van der Waals surface area contributed by atoms with Crippen molar-refractivity contribution < 1.29 is 4.79 Å². The summed E-state index contributed by atoms with van der Waals surface area (Å²) in [5.41, 5.74) is 1.92. The number of fused-ring (bicyclic) bond motifs is 2. The first-order chi connectivity index (χ1) is 9.13. The van der Waals surface area contributed by atoms with Crippen LogP contribution in [0.1, 0.15) is 35.2 Å². The molecule has 3 nitrogen and oxygen atoms in total. The first kappa shape index (κ1) is 13.1. The number of carbonyl (C=O) groups is 1. The maximum Gasteiger partial charge on any atom is 0.253 e. The molecule has 2 bridgehead atoms. The minimum Gasteiger partial charge on any atom is -0.337 e. The molecule has 1 N–H and O–H groups in total. The van der Waals surface area contributed by atoms with Crippen LogP contribution >= 0.6 is 15.9 Å². The zero-order valence-corrected chi connectivity index (χ0v) is 12.7. The van der Waals surface area contributed by atoms with E-state index in [0.717, 1.165) is 35.1 Å². The Bertz CT molecular complexity index is 503. The normalized spacial score (nSPS) is 26.3. The lowest BCUT2D eigenvalue weighted by atomic mass is 10.1. The van der Waals surface area contributed by atoms with Crippen molar-refractivity contribution in [3.63, 3.8) is 0 Å². The van der Waals surface area contributed by atoms with Crippen molar-refractivity contribution in [1.29, 1.82) is 0 Å². The van der Waals surface area contributed by atoms with Crippen molar-refractivity contribution in [2.75, 3.05) is 13.1 Å². The molecule has 0 aliphatic carbocycles. The lowest BCUT2D eigenvalue weighted by molar-refractivity contribution is 0.0748. The molecule has 4 heteroatoms. The monoisotopic (exact) mass is 322 g/mol. The minimum atomic E-state index is 0.171. The Morgan fingerprint density at radius 2 is 2.11 bits per heavy atom. The molecule has 1 aromatic carbocycles. The van der Waals surface area contributed by atoms with Crippen LogP contribution in [0, 0.1) is 6.92 Å². The van der Waals surface area contributed by atoms with Crippen LogP contribution in [0.5, 0.6) is 0 Å². The number of amides is 1. The van der Waals surface area contributed by atoms with E-state index >= 15 is 0 Å². The maximum absolute atomic E-state index is 12.6. The standard InChI is InChI=1S/C15H19BrN2O/c1-10-8-11(2-5-14(10)16)15(19)18-7-6-12-3-4-13(9-18)17-12/h2,5,8,12-13,17H,3-4,6-7,9H2,1H3. The lowest BCUT2D eigenvalue weighted by Gasteiger charge is -2.24. The first-order valence-corrected chi connectivity index (χ1v) is 7.74. The van der Waals surface area contributed by atoms with Crippen LogP contribution in [0.15, 0.2) is 22.7 Å². The van der Waals surface area contributed by atoms with Crippen LogP contribution in [0.2, 0.25) is 0 Å². The van der Waals surface area contributed by atoms with Gasteiger partial charge in [0.1, 0.15) is 0 Å². The number of halogens is 1. The second kappa shape index (κ2) is 5.25. The molecule has 0 radical (unpaired) electrons. The van der Waals surface area contributed by atoms with E-state index in [2.05, 4.69) is 21.2 Å². The third kappa shape index (κ3) is 2.70. The number of nitrogens with one attached hydrogen (secondary N) is 1. The number of likely N-dealkylation sites (tertiary alicyclic amines) is 1. The lowest BCUT2D eigenvalue weighted by Crippen LogP contribution is -2.39. The number of hydrogen-bond acceptors (Lipinski definition) is 2. The summed E-state index contributed by atoms with van der Waals surface area (Å²) in [6.45, 7) is 3.75. The molecule has 19 heavy (non-hydrogen) atoms. The Kier molecular flexibility index (Phi) is 3.63. The number of nitrogens with zero attached hydrogens (tertiary/aromatic N) is 1. The largest absolute Gasteiger partial charge is 0.337 e. The van der Waals surface area contributed by atoms with Crippen molar-refractivity contribution in [1.82, 2.24) is 10.2 Å². The van der Waals surface area contributed by atoms with Crippen LogP contribution < -0.4 is 5.32 Å². The fourth-order valence-electron chi connectivity index (χ4n) is 3.09. The molecule has 0 aromatic heterocycles. The summed E-state index contributed by atoms with van der Waals surface area (Å²) in [5, 5.41) is 3.61. The van der Waals surface area contributed by atoms with Gasteiger partial charge in [-0.05, 0) is 49.9 Å². The zero-order chi connectivity index (χ0) is 13.4. The zero-order valence-electron chi connectivity index (χ0n) is 11.2. The van der Waals surface area contributed by atoms with E-state index in [1.165, 1.54) is 12.8 Å². The SMILES string of the molecule is Cc1cc(C(=O)N2CCC3CCC(C2)N3)ccc1Br. The van der Waals surface area contributed by atoms with Crippen LogP contribution in [-0.2, 0) is 0 Å². The predicted molar refractivity (Wildman–Crippen MR) is 79.3 cm³/mol. The van der Waals surface area contributed by atoms with Crippen molar-refractivity contribution in [2.24, 2.45) is 0 Å². The minimum absolute atomic E-state index is 0.171. The third-order valence-corrected chi connectivity index (χ3v) is 5.11. The molecule has 2 fully saturated rings. The highest BCUT2D eigenvalue weighted by molar-refractivity contribution is 9.10. The Labute approximate surface area is 122 Å². The molecule has 2 saturated heterocycles. The average molecular weight is 323 g/mol. The number of hydrogen-bond donors (Lipinski definition) is 1. The Morgan fingerprint density at radius 1 is 1.32 bits per heavy atom. The van der Waals surface area contributed by atoms with E-state index in [1.807, 2.05) is 30.0 Å². The molecule has 0 spiro atoms. The first-order valence-electron chi connectivity index (χ1n) is 6.95. The van der Waals surface area contributed by atoms with E-state index in [9.17, 15) is 4.79 Å². The summed E-state index contributed by atoms with van der Waals surface area (Å²) < 4.78 is 1.06. The van der Waals surface area contributed by atoms with Gasteiger partial charge in [-0.15, -0.1) is 0 Å². The molecule has 0 saturated carbocycles. The summed E-state index contributed by atoms with van der Waals surface area (Å²) in [5.74, 6) is 0.171. The fourth-order valence-corrected chi connectivity index (χ4v) is 3.33. The molecule has 2 aliphatic rings. The van der Waals surface area contributed by atoms with Crippen LogP contribution in [-0.4, -0.2) is 36.0 Å². The molecular weight excluding hydrogens is 304 g/mol. The second-order valence-electron chi connectivity index (χ2n) is 5.64. The van der Waals surface area contributed by atoms with E-state index < -0.39 is 0 Å². The van der Waals surface area contributed by atoms with Gasteiger partial charge in [-0.25, -0.2) is 0 Å². The summed E-state index contributed by atoms with van der Waals surface area (Å²) in [6.07, 6.45) is 3.55. The molecular formula is C15H19BrN2O. The Balaban J connectivity index is 1.77. The number of carbonyl (C=O) groups excluding carboxylic acids is 1. The summed E-state index contributed by atoms with van der Waals surface area (Å²) in [6, 6.07) is 6.96. The highest BCUT2D eigenvalue weighted by Crippen LogP contribution is 2.23. The molecule has 2 atom stereocenters. The topological polar surface area (TPSA) is 32.3 Å². The van der Waals surface area contributed by atoms with Crippen molar-refractivity contribution in [2.45, 2.75) is 38.3 Å². The predicted octanol–water partition coefficient (Wildman–Crippen LogP) is 2.72. The summed E-state index contributed by atoms with van der Waals surface area (Å²) >= 11 is 3.48. The van der Waals surface area contributed by atoms with Gasteiger partial charge in [0.2, 0.25) is 0 Å². The smallest absolute Gasteiger partial charge is 0.253 e. The van der Waals surface area contributed by atoms with E-state index in [-0.39, 0.29) is 5.91 Å². The highest BCUT2D eigenvalue weighted by atomic mass is 79.9. The molecule has 2 heterocycles. The van der Waals surface area contributed by atoms with Gasteiger partial charge in [-0.2, -0.15) is 0 Å². The number of rotatable bonds is 1. The van der Waals surface area contributed by atoms with E-state index in [0.29, 0.717) is 12.1 Å². The van der Waals surface area contributed by atoms with Crippen LogP contribution in [0.3, 0.4) is 0 Å². The van der Waals surface area contributed by atoms with Crippen molar-refractivity contribution >= 4 is 21.8 Å². The Hall–Kier alpha value is -0.870. The van der Waals surface area contributed by atoms with Crippen molar-refractivity contribution in [3.05, 3.63) is 33.8 Å². The highest BCUT2D eigenvalue weighted by Gasteiger charge is 2.31. The van der Waals surface area contributed by atoms with Gasteiger partial charge < -0.3 is 10.2 Å². The van der Waals surface area contributed by atoms with Crippen LogP contribution in [0.25, 0.3) is 0 Å². The second-order valence-corrected chi connectivity index (χ2v) is 6.50. The van der Waals surface area contributed by atoms with Crippen LogP contribution in [0.4, 0.5) is 0 Å². The molecule has 2 unspecified atom stereocenters. The van der Waals surface area contributed by atoms with Gasteiger partial charge in [0.15, 0.2) is 0 Å². The van der Waals surface area contributed by atoms with Gasteiger partial charge >= 0.3 is 0 Å². The van der Waals surface area contributed by atoms with Gasteiger partial charge in [-0.3, -0.25) is 4.79 Å². The average Bonchev–Trinajstić information content (AvgIpc) is 2.72. The number of aryl methyl sites for hydroxylation is 1. The van der Waals surface area contributed by atoms with Crippen molar-refractivity contribution in [3.8, 4) is 0 Å². The fraction of sp³-hybridized carbons (Fsp3) is 0.533. The summed E-state index contributed by atoms with van der Waals surface area (Å²) in [7, 11) is 0. The van der Waals surface area contributed by atoms with Gasteiger partial charge in [-0.1, -0.05) is 15.9 Å². The van der Waals surface area contributed by atoms with Gasteiger partial charge in [0.25, 0.3) is 5.91 Å². The van der Waals surface area contributed by atoms with E-state index in [1.54, 1.807) is 0 Å². The van der Waals surface area contributed by atoms with Gasteiger partial charge in [0.05, 0.1) is 0 Å². The molecule has 2 aliphatic heterocycles. The molecule has 1 amide bonds. The molecule has 3 rings (SSSR count). The Morgan fingerprint density at radius 3 is 2.89 bits per heavy atom.